The number of benzene rings is 1. The molecule has 1 heterocycles. The van der Waals surface area contributed by atoms with Gasteiger partial charge in [-0.3, -0.25) is 9.69 Å². The molecule has 0 bridgehead atoms. The van der Waals surface area contributed by atoms with Gasteiger partial charge in [-0.2, -0.15) is 0 Å². The minimum atomic E-state index is -3.78. The monoisotopic (exact) mass is 368 g/mol. The van der Waals surface area contributed by atoms with Crippen LogP contribution in [-0.4, -0.2) is 51.9 Å². The first-order chi connectivity index (χ1) is 11.8. The molecular formula is C17H28N4O3S. The third kappa shape index (κ3) is 5.78. The van der Waals surface area contributed by atoms with Crippen LogP contribution in [0.1, 0.15) is 26.2 Å². The SMILES string of the molecule is CNCCC1CCN(C(C)C(=O)Nc2cccc(S(N)(=O)=O)c2)CC1. The molecule has 0 aliphatic carbocycles. The van der Waals surface area contributed by atoms with Crippen molar-refractivity contribution in [2.24, 2.45) is 11.1 Å². The van der Waals surface area contributed by atoms with E-state index in [9.17, 15) is 13.2 Å². The number of amides is 1. The van der Waals surface area contributed by atoms with E-state index in [1.165, 1.54) is 18.6 Å². The normalized spacial score (nSPS) is 18.0. The number of hydrogen-bond acceptors (Lipinski definition) is 5. The molecule has 0 saturated carbocycles. The van der Waals surface area contributed by atoms with Crippen LogP contribution in [0.3, 0.4) is 0 Å². The molecule has 1 aliphatic heterocycles. The van der Waals surface area contributed by atoms with Crippen molar-refractivity contribution in [2.45, 2.75) is 37.1 Å². The highest BCUT2D eigenvalue weighted by Gasteiger charge is 2.26. The summed E-state index contributed by atoms with van der Waals surface area (Å²) in [6, 6.07) is 5.74. The van der Waals surface area contributed by atoms with Gasteiger partial charge in [-0.15, -0.1) is 0 Å². The van der Waals surface area contributed by atoms with Gasteiger partial charge in [0.1, 0.15) is 0 Å². The van der Waals surface area contributed by atoms with Crippen molar-refractivity contribution in [3.05, 3.63) is 24.3 Å². The van der Waals surface area contributed by atoms with Gasteiger partial charge >= 0.3 is 0 Å². The van der Waals surface area contributed by atoms with Gasteiger partial charge in [0.2, 0.25) is 15.9 Å². The lowest BCUT2D eigenvalue weighted by Gasteiger charge is -2.35. The van der Waals surface area contributed by atoms with Gasteiger partial charge in [0.15, 0.2) is 0 Å². The number of nitrogens with zero attached hydrogens (tertiary/aromatic N) is 1. The summed E-state index contributed by atoms with van der Waals surface area (Å²) in [6.45, 7) is 4.72. The molecule has 7 nitrogen and oxygen atoms in total. The predicted octanol–water partition coefficient (Wildman–Crippen LogP) is 0.983. The third-order valence-electron chi connectivity index (χ3n) is 4.81. The number of carbonyl (C=O) groups is 1. The second-order valence-corrected chi connectivity index (χ2v) is 8.17. The van der Waals surface area contributed by atoms with Crippen LogP contribution in [0, 0.1) is 5.92 Å². The summed E-state index contributed by atoms with van der Waals surface area (Å²) in [6.07, 6.45) is 3.37. The number of nitrogens with one attached hydrogen (secondary N) is 2. The van der Waals surface area contributed by atoms with Crippen molar-refractivity contribution in [1.82, 2.24) is 10.2 Å². The Morgan fingerprint density at radius 1 is 1.36 bits per heavy atom. The van der Waals surface area contributed by atoms with E-state index >= 15 is 0 Å². The topological polar surface area (TPSA) is 105 Å². The number of sulfonamides is 1. The van der Waals surface area contributed by atoms with E-state index in [2.05, 4.69) is 15.5 Å². The molecule has 1 aliphatic rings. The van der Waals surface area contributed by atoms with E-state index in [1.54, 1.807) is 12.1 Å². The Morgan fingerprint density at radius 2 is 2.04 bits per heavy atom. The fourth-order valence-electron chi connectivity index (χ4n) is 3.14. The van der Waals surface area contributed by atoms with Crippen molar-refractivity contribution in [3.8, 4) is 0 Å². The van der Waals surface area contributed by atoms with Crippen LogP contribution in [0.2, 0.25) is 0 Å². The van der Waals surface area contributed by atoms with Crippen LogP contribution in [0.4, 0.5) is 5.69 Å². The fourth-order valence-corrected chi connectivity index (χ4v) is 3.70. The standard InChI is InChI=1S/C17H28N4O3S/c1-13(21-10-7-14(8-11-21)6-9-19-2)17(22)20-15-4-3-5-16(12-15)25(18,23)24/h3-5,12-14,19H,6-11H2,1-2H3,(H,20,22)(H2,18,23,24). The molecule has 0 radical (unpaired) electrons. The molecule has 1 amide bonds. The first-order valence-electron chi connectivity index (χ1n) is 8.63. The maximum Gasteiger partial charge on any atom is 0.241 e. The number of hydrogen-bond donors (Lipinski definition) is 3. The Kier molecular flexibility index (Phi) is 6.95. The molecular weight excluding hydrogens is 340 g/mol. The number of piperidine rings is 1. The summed E-state index contributed by atoms with van der Waals surface area (Å²) in [5, 5.41) is 11.1. The van der Waals surface area contributed by atoms with E-state index in [-0.39, 0.29) is 16.8 Å². The Labute approximate surface area is 150 Å². The Morgan fingerprint density at radius 3 is 2.64 bits per heavy atom. The van der Waals surface area contributed by atoms with E-state index in [1.807, 2.05) is 14.0 Å². The lowest BCUT2D eigenvalue weighted by atomic mass is 9.93. The third-order valence-corrected chi connectivity index (χ3v) is 5.72. The summed E-state index contributed by atoms with van der Waals surface area (Å²) in [5.41, 5.74) is 0.437. The number of anilines is 1. The first kappa shape index (κ1) is 19.8. The molecule has 2 rings (SSSR count). The van der Waals surface area contributed by atoms with Crippen molar-refractivity contribution in [3.63, 3.8) is 0 Å². The molecule has 25 heavy (non-hydrogen) atoms. The lowest BCUT2D eigenvalue weighted by Crippen LogP contribution is -2.46. The molecule has 1 aromatic rings. The molecule has 8 heteroatoms. The average Bonchev–Trinajstić information content (AvgIpc) is 2.59. The molecule has 1 atom stereocenters. The maximum atomic E-state index is 12.5. The number of primary sulfonamides is 1. The highest BCUT2D eigenvalue weighted by atomic mass is 32.2. The number of rotatable bonds is 7. The summed E-state index contributed by atoms with van der Waals surface area (Å²) in [7, 11) is -1.82. The second kappa shape index (κ2) is 8.75. The van der Waals surface area contributed by atoms with Gasteiger partial charge in [-0.25, -0.2) is 13.6 Å². The minimum Gasteiger partial charge on any atom is -0.325 e. The van der Waals surface area contributed by atoms with Crippen LogP contribution in [0.5, 0.6) is 0 Å². The van der Waals surface area contributed by atoms with Gasteiger partial charge in [0.25, 0.3) is 0 Å². The molecule has 0 aromatic heterocycles. The zero-order chi connectivity index (χ0) is 18.4. The Bertz CT molecular complexity index is 685. The van der Waals surface area contributed by atoms with E-state index in [4.69, 9.17) is 5.14 Å². The Hall–Kier alpha value is -1.48. The van der Waals surface area contributed by atoms with Gasteiger partial charge in [-0.1, -0.05) is 6.07 Å². The first-order valence-corrected chi connectivity index (χ1v) is 10.2. The van der Waals surface area contributed by atoms with E-state index in [0.717, 1.165) is 32.5 Å². The van der Waals surface area contributed by atoms with Crippen LogP contribution < -0.4 is 15.8 Å². The smallest absolute Gasteiger partial charge is 0.241 e. The van der Waals surface area contributed by atoms with E-state index < -0.39 is 10.0 Å². The lowest BCUT2D eigenvalue weighted by molar-refractivity contribution is -0.121. The van der Waals surface area contributed by atoms with Crippen LogP contribution in [0.15, 0.2) is 29.2 Å². The minimum absolute atomic E-state index is 0.0108. The van der Waals surface area contributed by atoms with Gasteiger partial charge in [-0.05, 0) is 77.0 Å². The summed E-state index contributed by atoms with van der Waals surface area (Å²) < 4.78 is 22.8. The number of carbonyl (C=O) groups excluding carboxylic acids is 1. The maximum absolute atomic E-state index is 12.5. The zero-order valence-electron chi connectivity index (χ0n) is 14.9. The van der Waals surface area contributed by atoms with Crippen molar-refractivity contribution in [1.29, 1.82) is 0 Å². The molecule has 140 valence electrons. The molecule has 1 fully saturated rings. The number of nitrogens with two attached hydrogens (primary N) is 1. The quantitative estimate of drug-likeness (QED) is 0.665. The predicted molar refractivity (Wildman–Crippen MR) is 98.7 cm³/mol. The fraction of sp³-hybridized carbons (Fsp3) is 0.588. The van der Waals surface area contributed by atoms with Crippen molar-refractivity contribution >= 4 is 21.6 Å². The largest absolute Gasteiger partial charge is 0.325 e. The second-order valence-electron chi connectivity index (χ2n) is 6.61. The molecule has 1 aromatic carbocycles. The Balaban J connectivity index is 1.91. The molecule has 1 unspecified atom stereocenters. The summed E-state index contributed by atoms with van der Waals surface area (Å²) >= 11 is 0. The average molecular weight is 369 g/mol. The highest BCUT2D eigenvalue weighted by molar-refractivity contribution is 7.89. The number of likely N-dealkylation sites (tertiary alicyclic amines) is 1. The van der Waals surface area contributed by atoms with E-state index in [0.29, 0.717) is 11.6 Å². The highest BCUT2D eigenvalue weighted by Crippen LogP contribution is 2.22. The summed E-state index contributed by atoms with van der Waals surface area (Å²) in [5.74, 6) is 0.575. The summed E-state index contributed by atoms with van der Waals surface area (Å²) in [4.78, 5) is 14.6. The van der Waals surface area contributed by atoms with Gasteiger partial charge in [0.05, 0.1) is 10.9 Å². The molecule has 0 spiro atoms. The van der Waals surface area contributed by atoms with Gasteiger partial charge in [0, 0.05) is 5.69 Å². The van der Waals surface area contributed by atoms with Gasteiger partial charge < -0.3 is 10.6 Å². The zero-order valence-corrected chi connectivity index (χ0v) is 15.7. The molecule has 1 saturated heterocycles. The van der Waals surface area contributed by atoms with Crippen LogP contribution in [-0.2, 0) is 14.8 Å². The van der Waals surface area contributed by atoms with Crippen molar-refractivity contribution < 1.29 is 13.2 Å². The molecule has 4 N–H and O–H groups in total. The van der Waals surface area contributed by atoms with Crippen LogP contribution in [0.25, 0.3) is 0 Å². The van der Waals surface area contributed by atoms with Crippen LogP contribution >= 0.6 is 0 Å². The van der Waals surface area contributed by atoms with Crippen molar-refractivity contribution in [2.75, 3.05) is 32.0 Å².